The van der Waals surface area contributed by atoms with E-state index in [4.69, 9.17) is 28.6 Å². The van der Waals surface area contributed by atoms with Gasteiger partial charge in [0.2, 0.25) is 0 Å². The first-order chi connectivity index (χ1) is 14.9. The van der Waals surface area contributed by atoms with Gasteiger partial charge in [-0.05, 0) is 73.2 Å². The van der Waals surface area contributed by atoms with Crippen LogP contribution >= 0.6 is 23.8 Å². The van der Waals surface area contributed by atoms with Crippen molar-refractivity contribution in [1.82, 2.24) is 15.3 Å². The van der Waals surface area contributed by atoms with E-state index in [1.54, 1.807) is 31.4 Å². The van der Waals surface area contributed by atoms with Gasteiger partial charge in [-0.3, -0.25) is 10.1 Å². The quantitative estimate of drug-likeness (QED) is 0.366. The smallest absolute Gasteiger partial charge is 0.257 e. The molecule has 0 bridgehead atoms. The van der Waals surface area contributed by atoms with Crippen molar-refractivity contribution in [3.63, 3.8) is 0 Å². The Morgan fingerprint density at radius 1 is 1.13 bits per heavy atom. The standard InChI is InChI=1S/C23H19ClN4O2S/c1-13-10-19-20(12-18(13)24)27-21(26-19)15-4-3-5-16(11-15)25-23(31)28-22(29)14-6-8-17(30-2)9-7-14/h3-12H,1-2H3,(H,26,27)(H2,25,28,29,31). The van der Waals surface area contributed by atoms with Gasteiger partial charge in [0.25, 0.3) is 5.91 Å². The number of hydrogen-bond donors (Lipinski definition) is 3. The van der Waals surface area contributed by atoms with Crippen LogP contribution in [0.2, 0.25) is 5.02 Å². The largest absolute Gasteiger partial charge is 0.497 e. The number of anilines is 1. The highest BCUT2D eigenvalue weighted by Crippen LogP contribution is 2.26. The summed E-state index contributed by atoms with van der Waals surface area (Å²) in [6.07, 6.45) is 0. The van der Waals surface area contributed by atoms with Gasteiger partial charge < -0.3 is 15.0 Å². The van der Waals surface area contributed by atoms with E-state index in [-0.39, 0.29) is 11.0 Å². The second-order valence-electron chi connectivity index (χ2n) is 6.92. The number of amides is 1. The van der Waals surface area contributed by atoms with Gasteiger partial charge >= 0.3 is 0 Å². The molecule has 0 aliphatic heterocycles. The summed E-state index contributed by atoms with van der Waals surface area (Å²) in [5, 5.41) is 6.60. The molecule has 0 fully saturated rings. The van der Waals surface area contributed by atoms with Crippen LogP contribution < -0.4 is 15.4 Å². The molecule has 0 saturated heterocycles. The van der Waals surface area contributed by atoms with Gasteiger partial charge in [0.1, 0.15) is 11.6 Å². The number of imidazole rings is 1. The summed E-state index contributed by atoms with van der Waals surface area (Å²) in [7, 11) is 1.57. The highest BCUT2D eigenvalue weighted by Gasteiger charge is 2.11. The van der Waals surface area contributed by atoms with Crippen LogP contribution in [-0.4, -0.2) is 28.1 Å². The van der Waals surface area contributed by atoms with Gasteiger partial charge in [-0.2, -0.15) is 0 Å². The zero-order chi connectivity index (χ0) is 22.0. The highest BCUT2D eigenvalue weighted by atomic mass is 35.5. The summed E-state index contributed by atoms with van der Waals surface area (Å²) in [4.78, 5) is 20.3. The number of halogens is 1. The van der Waals surface area contributed by atoms with Crippen molar-refractivity contribution in [1.29, 1.82) is 0 Å². The topological polar surface area (TPSA) is 79.0 Å². The minimum absolute atomic E-state index is 0.199. The van der Waals surface area contributed by atoms with Crippen LogP contribution in [0.1, 0.15) is 15.9 Å². The second-order valence-corrected chi connectivity index (χ2v) is 7.74. The van der Waals surface area contributed by atoms with Crippen molar-refractivity contribution >= 4 is 51.6 Å². The van der Waals surface area contributed by atoms with Gasteiger partial charge in [0.15, 0.2) is 5.11 Å². The van der Waals surface area contributed by atoms with E-state index >= 15 is 0 Å². The van der Waals surface area contributed by atoms with Crippen molar-refractivity contribution in [3.8, 4) is 17.1 Å². The lowest BCUT2D eigenvalue weighted by molar-refractivity contribution is 0.0977. The Balaban J connectivity index is 1.48. The number of methoxy groups -OCH3 is 1. The number of nitrogens with zero attached hydrogens (tertiary/aromatic N) is 1. The Bertz CT molecular complexity index is 1250. The average molecular weight is 451 g/mol. The van der Waals surface area contributed by atoms with E-state index in [0.717, 1.165) is 27.8 Å². The van der Waals surface area contributed by atoms with Crippen LogP contribution in [0.4, 0.5) is 5.69 Å². The number of nitrogens with one attached hydrogen (secondary N) is 3. The highest BCUT2D eigenvalue weighted by molar-refractivity contribution is 7.80. The number of ether oxygens (including phenoxy) is 1. The van der Waals surface area contributed by atoms with Gasteiger partial charge in [-0.15, -0.1) is 0 Å². The number of carbonyl (C=O) groups is 1. The molecule has 0 atom stereocenters. The molecule has 6 nitrogen and oxygen atoms in total. The lowest BCUT2D eigenvalue weighted by Gasteiger charge is -2.10. The summed E-state index contributed by atoms with van der Waals surface area (Å²) in [5.74, 6) is 1.09. The zero-order valence-corrected chi connectivity index (χ0v) is 18.4. The minimum atomic E-state index is -0.305. The Hall–Kier alpha value is -3.42. The molecule has 3 aromatic carbocycles. The maximum Gasteiger partial charge on any atom is 0.257 e. The number of aromatic nitrogens is 2. The summed E-state index contributed by atoms with van der Waals surface area (Å²) < 4.78 is 5.10. The first-order valence-corrected chi connectivity index (χ1v) is 10.2. The summed E-state index contributed by atoms with van der Waals surface area (Å²) in [5.41, 5.74) is 4.78. The van der Waals surface area contributed by atoms with Crippen molar-refractivity contribution in [3.05, 3.63) is 76.8 Å². The molecule has 1 heterocycles. The van der Waals surface area contributed by atoms with E-state index in [0.29, 0.717) is 22.2 Å². The van der Waals surface area contributed by atoms with Crippen molar-refractivity contribution < 1.29 is 9.53 Å². The van der Waals surface area contributed by atoms with Crippen LogP contribution in [0.25, 0.3) is 22.4 Å². The van der Waals surface area contributed by atoms with Gasteiger partial charge in [-0.1, -0.05) is 23.7 Å². The third-order valence-electron chi connectivity index (χ3n) is 4.74. The molecule has 3 N–H and O–H groups in total. The van der Waals surface area contributed by atoms with Gasteiger partial charge in [-0.25, -0.2) is 4.98 Å². The number of benzene rings is 3. The van der Waals surface area contributed by atoms with E-state index in [2.05, 4.69) is 20.6 Å². The Labute approximate surface area is 189 Å². The lowest BCUT2D eigenvalue weighted by atomic mass is 10.2. The third kappa shape index (κ3) is 4.68. The average Bonchev–Trinajstić information content (AvgIpc) is 3.17. The summed E-state index contributed by atoms with van der Waals surface area (Å²) in [6.45, 7) is 1.95. The fourth-order valence-corrected chi connectivity index (χ4v) is 3.47. The number of H-pyrrole nitrogens is 1. The van der Waals surface area contributed by atoms with E-state index < -0.39 is 0 Å². The molecule has 8 heteroatoms. The summed E-state index contributed by atoms with van der Waals surface area (Å²) >= 11 is 11.5. The SMILES string of the molecule is COc1ccc(C(=O)NC(=S)Nc2cccc(-c3nc4cc(Cl)c(C)cc4[nH]3)c2)cc1. The first-order valence-electron chi connectivity index (χ1n) is 9.45. The fraction of sp³-hybridized carbons (Fsp3) is 0.0870. The van der Waals surface area contributed by atoms with Gasteiger partial charge in [0.05, 0.1) is 18.1 Å². The Morgan fingerprint density at radius 2 is 1.90 bits per heavy atom. The molecular weight excluding hydrogens is 432 g/mol. The van der Waals surface area contributed by atoms with Gasteiger partial charge in [0, 0.05) is 21.8 Å². The van der Waals surface area contributed by atoms with Crippen LogP contribution in [0, 0.1) is 6.92 Å². The lowest BCUT2D eigenvalue weighted by Crippen LogP contribution is -2.34. The summed E-state index contributed by atoms with van der Waals surface area (Å²) in [6, 6.07) is 18.2. The minimum Gasteiger partial charge on any atom is -0.497 e. The molecule has 0 spiro atoms. The van der Waals surface area contributed by atoms with E-state index in [9.17, 15) is 4.79 Å². The van der Waals surface area contributed by atoms with Crippen LogP contribution in [0.15, 0.2) is 60.7 Å². The number of thiocarbonyl (C=S) groups is 1. The normalized spacial score (nSPS) is 10.7. The van der Waals surface area contributed by atoms with E-state index in [1.807, 2.05) is 43.3 Å². The number of aromatic amines is 1. The zero-order valence-electron chi connectivity index (χ0n) is 16.8. The third-order valence-corrected chi connectivity index (χ3v) is 5.35. The predicted molar refractivity (Wildman–Crippen MR) is 128 cm³/mol. The van der Waals surface area contributed by atoms with Crippen LogP contribution in [-0.2, 0) is 0 Å². The Kier molecular flexibility index (Phi) is 5.88. The molecule has 1 amide bonds. The van der Waals surface area contributed by atoms with Crippen LogP contribution in [0.5, 0.6) is 5.75 Å². The van der Waals surface area contributed by atoms with Crippen LogP contribution in [0.3, 0.4) is 0 Å². The molecule has 156 valence electrons. The number of aryl methyl sites for hydroxylation is 1. The Morgan fingerprint density at radius 3 is 2.65 bits per heavy atom. The van der Waals surface area contributed by atoms with Crippen molar-refractivity contribution in [2.45, 2.75) is 6.92 Å². The molecular formula is C23H19ClN4O2S. The number of fused-ring (bicyclic) bond motifs is 1. The molecule has 31 heavy (non-hydrogen) atoms. The molecule has 0 aliphatic rings. The maximum atomic E-state index is 12.4. The molecule has 1 aromatic heterocycles. The second kappa shape index (κ2) is 8.75. The molecule has 0 saturated carbocycles. The number of rotatable bonds is 4. The number of hydrogen-bond acceptors (Lipinski definition) is 4. The molecule has 4 rings (SSSR count). The fourth-order valence-electron chi connectivity index (χ4n) is 3.10. The molecule has 4 aromatic rings. The van der Waals surface area contributed by atoms with Crippen molar-refractivity contribution in [2.24, 2.45) is 0 Å². The molecule has 0 aliphatic carbocycles. The predicted octanol–water partition coefficient (Wildman–Crippen LogP) is 5.33. The molecule has 0 unspecified atom stereocenters. The molecule has 0 radical (unpaired) electrons. The van der Waals surface area contributed by atoms with Crippen molar-refractivity contribution in [2.75, 3.05) is 12.4 Å². The number of carbonyl (C=O) groups excluding carboxylic acids is 1. The van der Waals surface area contributed by atoms with E-state index in [1.165, 1.54) is 0 Å². The maximum absolute atomic E-state index is 12.4. The first kappa shape index (κ1) is 20.8. The monoisotopic (exact) mass is 450 g/mol.